The molecular weight excluding hydrogens is 358 g/mol. The lowest BCUT2D eigenvalue weighted by Crippen LogP contribution is -2.48. The number of hydrogen-bond donors (Lipinski definition) is 1. The van der Waals surface area contributed by atoms with E-state index in [1.807, 2.05) is 30.3 Å². The minimum absolute atomic E-state index is 0.00815. The number of aryl methyl sites for hydroxylation is 1. The maximum atomic E-state index is 13.0. The van der Waals surface area contributed by atoms with E-state index < -0.39 is 0 Å². The van der Waals surface area contributed by atoms with Gasteiger partial charge in [-0.05, 0) is 26.7 Å². The number of hydrogen-bond acceptors (Lipinski definition) is 5. The van der Waals surface area contributed by atoms with Crippen molar-refractivity contribution in [3.63, 3.8) is 0 Å². The quantitative estimate of drug-likeness (QED) is 0.846. The van der Waals surface area contributed by atoms with Gasteiger partial charge in [-0.15, -0.1) is 11.3 Å². The highest BCUT2D eigenvalue weighted by molar-refractivity contribution is 7.09. The van der Waals surface area contributed by atoms with Crippen molar-refractivity contribution in [2.24, 2.45) is 0 Å². The first kappa shape index (κ1) is 18.3. The third-order valence-electron chi connectivity index (χ3n) is 5.52. The van der Waals surface area contributed by atoms with E-state index in [1.165, 1.54) is 0 Å². The van der Waals surface area contributed by atoms with E-state index in [-0.39, 0.29) is 29.6 Å². The molecule has 144 valence electrons. The molecule has 1 saturated heterocycles. The predicted molar refractivity (Wildman–Crippen MR) is 106 cm³/mol. The molecule has 4 rings (SSSR count). The topological polar surface area (TPSA) is 71.0 Å². The Morgan fingerprint density at radius 1 is 1.33 bits per heavy atom. The van der Waals surface area contributed by atoms with Crippen molar-refractivity contribution in [1.82, 2.24) is 25.2 Å². The second kappa shape index (κ2) is 6.55. The minimum Gasteiger partial charge on any atom is -0.330 e. The van der Waals surface area contributed by atoms with Crippen molar-refractivity contribution < 1.29 is 4.79 Å². The molecule has 3 atom stereocenters. The molecule has 2 bridgehead atoms. The highest BCUT2D eigenvalue weighted by Crippen LogP contribution is 2.43. The number of carbonyl (C=O) groups is 1. The van der Waals surface area contributed by atoms with Gasteiger partial charge < -0.3 is 10.2 Å². The molecule has 1 fully saturated rings. The second-order valence-electron chi connectivity index (χ2n) is 8.67. The molecule has 0 saturated carbocycles. The van der Waals surface area contributed by atoms with Crippen LogP contribution in [-0.4, -0.2) is 31.9 Å². The zero-order valence-corrected chi connectivity index (χ0v) is 17.4. The van der Waals surface area contributed by atoms with Crippen LogP contribution in [0.2, 0.25) is 0 Å². The van der Waals surface area contributed by atoms with E-state index in [0.29, 0.717) is 0 Å². The number of urea groups is 1. The van der Waals surface area contributed by atoms with E-state index in [0.717, 1.165) is 47.0 Å². The summed E-state index contributed by atoms with van der Waals surface area (Å²) in [4.78, 5) is 29.0. The standard InChI is InChI=1S/C20H27N5OS/c1-11(16-10-27-12(2)23-16)22-19(26)25-13-6-7-17(25)14-9-21-18(20(3,4)5)24-15(14)8-13/h9-11,13,17H,6-8H2,1-5H3,(H,22,26). The Morgan fingerprint density at radius 3 is 2.78 bits per heavy atom. The molecule has 2 amide bonds. The smallest absolute Gasteiger partial charge is 0.318 e. The summed E-state index contributed by atoms with van der Waals surface area (Å²) in [5, 5.41) is 6.17. The Kier molecular flexibility index (Phi) is 4.45. The molecule has 0 radical (unpaired) electrons. The van der Waals surface area contributed by atoms with E-state index in [4.69, 9.17) is 4.98 Å². The number of nitrogens with zero attached hydrogens (tertiary/aromatic N) is 4. The number of nitrogens with one attached hydrogen (secondary N) is 1. The van der Waals surface area contributed by atoms with Gasteiger partial charge in [0.05, 0.1) is 28.5 Å². The van der Waals surface area contributed by atoms with Crippen molar-refractivity contribution in [3.05, 3.63) is 39.4 Å². The fourth-order valence-electron chi connectivity index (χ4n) is 4.06. The summed E-state index contributed by atoms with van der Waals surface area (Å²) in [5.41, 5.74) is 3.09. The first-order chi connectivity index (χ1) is 12.7. The fraction of sp³-hybridized carbons (Fsp3) is 0.600. The average Bonchev–Trinajstić information content (AvgIpc) is 3.16. The lowest BCUT2D eigenvalue weighted by molar-refractivity contribution is 0.161. The molecule has 3 unspecified atom stereocenters. The monoisotopic (exact) mass is 385 g/mol. The zero-order valence-electron chi connectivity index (χ0n) is 16.6. The third-order valence-corrected chi connectivity index (χ3v) is 6.31. The lowest BCUT2D eigenvalue weighted by Gasteiger charge is -2.36. The molecule has 6 nitrogen and oxygen atoms in total. The molecular formula is C20H27N5OS. The summed E-state index contributed by atoms with van der Waals surface area (Å²) in [5.74, 6) is 0.881. The average molecular weight is 386 g/mol. The van der Waals surface area contributed by atoms with E-state index in [9.17, 15) is 4.79 Å². The summed E-state index contributed by atoms with van der Waals surface area (Å²) < 4.78 is 0. The molecule has 0 aliphatic carbocycles. The van der Waals surface area contributed by atoms with Crippen molar-refractivity contribution in [3.8, 4) is 0 Å². The van der Waals surface area contributed by atoms with Gasteiger partial charge in [-0.2, -0.15) is 0 Å². The summed E-state index contributed by atoms with van der Waals surface area (Å²) in [6.45, 7) is 10.4. The Balaban J connectivity index is 1.55. The van der Waals surface area contributed by atoms with Crippen LogP contribution in [0.4, 0.5) is 4.79 Å². The Morgan fingerprint density at radius 2 is 2.11 bits per heavy atom. The molecule has 0 aromatic carbocycles. The van der Waals surface area contributed by atoms with Gasteiger partial charge in [0, 0.05) is 35.0 Å². The van der Waals surface area contributed by atoms with Gasteiger partial charge in [-0.1, -0.05) is 20.8 Å². The summed E-state index contributed by atoms with van der Waals surface area (Å²) in [6, 6.07) is 0.195. The lowest BCUT2D eigenvalue weighted by atomic mass is 9.93. The SMILES string of the molecule is Cc1nc(C(C)NC(=O)N2C3CCC2c2cnc(C(C)(C)C)nc2C3)cs1. The van der Waals surface area contributed by atoms with Gasteiger partial charge in [-0.3, -0.25) is 0 Å². The minimum atomic E-state index is -0.0947. The second-order valence-corrected chi connectivity index (χ2v) is 9.73. The van der Waals surface area contributed by atoms with Gasteiger partial charge >= 0.3 is 6.03 Å². The Bertz CT molecular complexity index is 871. The molecule has 7 heteroatoms. The van der Waals surface area contributed by atoms with Crippen LogP contribution in [0.3, 0.4) is 0 Å². The van der Waals surface area contributed by atoms with E-state index in [1.54, 1.807) is 11.3 Å². The van der Waals surface area contributed by atoms with Gasteiger partial charge in [-0.25, -0.2) is 19.7 Å². The number of amides is 2. The summed E-state index contributed by atoms with van der Waals surface area (Å²) >= 11 is 1.61. The predicted octanol–water partition coefficient (Wildman–Crippen LogP) is 4.07. The van der Waals surface area contributed by atoms with Crippen LogP contribution < -0.4 is 5.32 Å². The van der Waals surface area contributed by atoms with Crippen molar-refractivity contribution in [2.45, 2.75) is 77.4 Å². The Labute approximate surface area is 164 Å². The van der Waals surface area contributed by atoms with Gasteiger partial charge in [0.25, 0.3) is 0 Å². The molecule has 2 aromatic rings. The van der Waals surface area contributed by atoms with E-state index >= 15 is 0 Å². The van der Waals surface area contributed by atoms with Crippen molar-refractivity contribution in [1.29, 1.82) is 0 Å². The van der Waals surface area contributed by atoms with Crippen LogP contribution in [-0.2, 0) is 11.8 Å². The van der Waals surface area contributed by atoms with Crippen LogP contribution >= 0.6 is 11.3 Å². The number of rotatable bonds is 2. The molecule has 4 heterocycles. The summed E-state index contributed by atoms with van der Waals surface area (Å²) in [7, 11) is 0. The van der Waals surface area contributed by atoms with Crippen LogP contribution in [0.15, 0.2) is 11.6 Å². The van der Waals surface area contributed by atoms with Gasteiger partial charge in [0.15, 0.2) is 0 Å². The normalized spacial score (nSPS) is 22.5. The highest BCUT2D eigenvalue weighted by atomic mass is 32.1. The number of carbonyl (C=O) groups excluding carboxylic acids is 1. The molecule has 2 aliphatic heterocycles. The number of aromatic nitrogens is 3. The molecule has 0 spiro atoms. The van der Waals surface area contributed by atoms with Gasteiger partial charge in [0.2, 0.25) is 0 Å². The molecule has 2 aliphatic rings. The van der Waals surface area contributed by atoms with Crippen LogP contribution in [0.25, 0.3) is 0 Å². The van der Waals surface area contributed by atoms with Crippen molar-refractivity contribution in [2.75, 3.05) is 0 Å². The van der Waals surface area contributed by atoms with Crippen LogP contribution in [0.5, 0.6) is 0 Å². The molecule has 27 heavy (non-hydrogen) atoms. The van der Waals surface area contributed by atoms with Crippen LogP contribution in [0, 0.1) is 6.92 Å². The number of thiazole rings is 1. The Hall–Kier alpha value is -2.02. The third kappa shape index (κ3) is 3.33. The number of fused-ring (bicyclic) bond motifs is 4. The van der Waals surface area contributed by atoms with Gasteiger partial charge in [0.1, 0.15) is 5.82 Å². The maximum Gasteiger partial charge on any atom is 0.318 e. The molecule has 1 N–H and O–H groups in total. The largest absolute Gasteiger partial charge is 0.330 e. The van der Waals surface area contributed by atoms with Crippen LogP contribution in [0.1, 0.15) is 80.4 Å². The summed E-state index contributed by atoms with van der Waals surface area (Å²) in [6.07, 6.45) is 4.76. The first-order valence-electron chi connectivity index (χ1n) is 9.61. The van der Waals surface area contributed by atoms with E-state index in [2.05, 4.69) is 36.1 Å². The first-order valence-corrected chi connectivity index (χ1v) is 10.5. The fourth-order valence-corrected chi connectivity index (χ4v) is 4.77. The molecule has 2 aromatic heterocycles. The van der Waals surface area contributed by atoms with Crippen molar-refractivity contribution >= 4 is 17.4 Å². The zero-order chi connectivity index (χ0) is 19.3. The highest BCUT2D eigenvalue weighted by Gasteiger charge is 2.44. The maximum absolute atomic E-state index is 13.0.